The predicted octanol–water partition coefficient (Wildman–Crippen LogP) is 16.3. The molecule has 0 saturated carbocycles. The van der Waals surface area contributed by atoms with E-state index in [4.69, 9.17) is 39.9 Å². The molecular formula is C100H160Br4CuN12. The fourth-order valence-electron chi connectivity index (χ4n) is 17.9. The zero-order valence-electron chi connectivity index (χ0n) is 74.2. The molecule has 0 aromatic carbocycles. The van der Waals surface area contributed by atoms with Crippen LogP contribution in [0.15, 0.2) is 73.3 Å². The van der Waals surface area contributed by atoms with Crippen LogP contribution in [0.25, 0.3) is 90.2 Å². The van der Waals surface area contributed by atoms with Crippen LogP contribution in [0.1, 0.15) is 439 Å². The third-order valence-corrected chi connectivity index (χ3v) is 24.8. The van der Waals surface area contributed by atoms with Crippen molar-refractivity contribution in [2.24, 2.45) is 0 Å². The number of hydrogen-bond donors (Lipinski definition) is 0. The van der Waals surface area contributed by atoms with Crippen LogP contribution < -0.4 is 96.2 Å². The molecule has 12 nitrogen and oxygen atoms in total. The Labute approximate surface area is 765 Å². The quantitative estimate of drug-likeness (QED) is 0.0210. The second-order valence-corrected chi connectivity index (χ2v) is 34.6. The summed E-state index contributed by atoms with van der Waals surface area (Å²) >= 11 is 0. The summed E-state index contributed by atoms with van der Waals surface area (Å²) in [5.41, 5.74) is 8.41. The average molecular weight is 1910 g/mol. The first-order valence-electron chi connectivity index (χ1n) is 48.4. The van der Waals surface area contributed by atoms with E-state index in [2.05, 4.69) is 119 Å². The summed E-state index contributed by atoms with van der Waals surface area (Å²) in [5.74, 6) is 2.52. The van der Waals surface area contributed by atoms with Crippen molar-refractivity contribution in [2.75, 3.05) is 0 Å². The van der Waals surface area contributed by atoms with Crippen molar-refractivity contribution in [1.29, 1.82) is 0 Å². The number of fused-ring (bicyclic) bond motifs is 20. The van der Waals surface area contributed by atoms with E-state index in [9.17, 15) is 0 Å². The second kappa shape index (κ2) is 66.9. The molecule has 0 fully saturated rings. The minimum absolute atomic E-state index is 0. The Balaban J connectivity index is 0.00000576. The first-order valence-corrected chi connectivity index (χ1v) is 48.4. The number of nitrogens with zero attached hydrogens (tertiary/aromatic N) is 12. The zero-order valence-corrected chi connectivity index (χ0v) is 81.5. The summed E-state index contributed by atoms with van der Waals surface area (Å²) < 4.78 is 9.60. The number of hydrogen-bond acceptors (Lipinski definition) is 6. The third-order valence-electron chi connectivity index (χ3n) is 24.8. The van der Waals surface area contributed by atoms with Gasteiger partial charge in [-0.15, -0.1) is 0 Å². The van der Waals surface area contributed by atoms with Crippen LogP contribution >= 0.6 is 0 Å². The fraction of sp³-hybridized carbons (Fsp3) is 0.720. The third kappa shape index (κ3) is 38.6. The average Bonchev–Trinajstić information content (AvgIpc) is 1.59. The van der Waals surface area contributed by atoms with Gasteiger partial charge in [0.15, 0.2) is 36.4 Å². The van der Waals surface area contributed by atoms with Gasteiger partial charge in [-0.3, -0.25) is 0 Å². The zero-order chi connectivity index (χ0) is 77.8. The van der Waals surface area contributed by atoms with Gasteiger partial charge < -0.3 is 97.8 Å². The number of aryl methyl sites for hydroxylation is 4. The van der Waals surface area contributed by atoms with Gasteiger partial charge in [-0.25, -0.2) is 9.97 Å². The van der Waals surface area contributed by atoms with Gasteiger partial charge in [-0.1, -0.05) is 387 Å². The van der Waals surface area contributed by atoms with Crippen molar-refractivity contribution in [2.45, 2.75) is 465 Å². The van der Waals surface area contributed by atoms with Crippen molar-refractivity contribution < 1.29 is 103 Å². The molecule has 7 aromatic heterocycles. The Kier molecular flexibility index (Phi) is 60.5. The molecule has 0 aliphatic carbocycles. The Morgan fingerprint density at radius 2 is 0.402 bits per heavy atom. The molecule has 1 radical (unpaired) electrons. The summed E-state index contributed by atoms with van der Waals surface area (Å²) in [7, 11) is 0. The van der Waals surface area contributed by atoms with Gasteiger partial charge in [-0.05, 0) is 49.9 Å². The van der Waals surface area contributed by atoms with Gasteiger partial charge in [0.2, 0.25) is 22.4 Å². The van der Waals surface area contributed by atoms with Crippen molar-refractivity contribution in [3.8, 4) is 45.8 Å². The van der Waals surface area contributed by atoms with E-state index in [1.54, 1.807) is 0 Å². The Morgan fingerprint density at radius 3 is 0.632 bits per heavy atom. The molecule has 0 unspecified atom stereocenters. The van der Waals surface area contributed by atoms with E-state index in [-0.39, 0.29) is 85.0 Å². The van der Waals surface area contributed by atoms with Crippen molar-refractivity contribution in [3.63, 3.8) is 0 Å². The predicted molar refractivity (Wildman–Crippen MR) is 473 cm³/mol. The maximum Gasteiger partial charge on any atom is 2.00 e. The van der Waals surface area contributed by atoms with E-state index < -0.39 is 0 Å². The number of pyridine rings is 4. The molecule has 0 amide bonds. The standard InChI is InChI=1S/C100H160N12.4BrH.Cu/c1-5-9-13-17-21-25-29-33-37-41-45-49-53-57-61-65-77-109-81-69-73-85-89(109)97-101-93(85)106-98-91-87(75-71-83-111(91)79-67-63-59-55-51-47-43-39-35-31-27-23-19-15-11-7-3)95(103-98)108-100-92-88(76-72-84-112(92)80-68-64-60-56-52-48-44-40-36-32-28-24-20-16-12-8-4)96(104-100)107-99-90-86(94(102-99)105-97)74-70-82-110(90)78-66-62-58-54-50-46-42-38-34-30-26-22-18-14-10-6-2;;;;;/h69-76,81-84H,5-68,77-80H2,1-4H3;4*1H;/q+2;;;;;+2/p-4. The van der Waals surface area contributed by atoms with Crippen molar-refractivity contribution in [1.82, 2.24) is 39.9 Å². The van der Waals surface area contributed by atoms with Crippen LogP contribution in [0.2, 0.25) is 0 Å². The molecule has 0 atom stereocenters. The van der Waals surface area contributed by atoms with E-state index >= 15 is 0 Å². The molecule has 7 aromatic rings. The SMILES string of the molecule is CCCCCCCCCCCCCCCCCC[n+]1cccc2c1-c1nc-2nc2[n-]c(nc3nc(nc4[n-]c(n1)c1ccc[n+](CCCCCCCCCCCCCCCCCC)c41)-c1ccc[n+](CCCCCCCCCCCCCCCCCC)c1-3)c1ccc[n+](CCCCCCCCCCCCCCCCCC)c21.[Br-].[Br-].[Br-].[Br-].[Cu+2]. The molecule has 117 heavy (non-hydrogen) atoms. The van der Waals surface area contributed by atoms with Crippen LogP contribution in [-0.4, -0.2) is 29.9 Å². The minimum atomic E-state index is 0. The van der Waals surface area contributed by atoms with Gasteiger partial charge in [0, 0.05) is 61.2 Å². The fourth-order valence-corrected chi connectivity index (χ4v) is 17.9. The first kappa shape index (κ1) is 106. The summed E-state index contributed by atoms with van der Waals surface area (Å²) in [6.07, 6.45) is 95.2. The molecule has 17 heteroatoms. The molecule has 2 aliphatic heterocycles. The Hall–Kier alpha value is -3.60. The number of halogens is 4. The Bertz CT molecular complexity index is 3610. The van der Waals surface area contributed by atoms with Crippen LogP contribution in [0.4, 0.5) is 0 Å². The number of rotatable bonds is 68. The first-order chi connectivity index (χ1) is 55.6. The molecule has 0 N–H and O–H groups in total. The monoisotopic (exact) mass is 1910 g/mol. The maximum absolute atomic E-state index is 5.64. The summed E-state index contributed by atoms with van der Waals surface area (Å²) in [4.78, 5) is 44.7. The van der Waals surface area contributed by atoms with Gasteiger partial charge in [-0.2, -0.15) is 18.3 Å². The smallest absolute Gasteiger partial charge is 1.00 e. The van der Waals surface area contributed by atoms with Crippen LogP contribution in [0, 0.1) is 0 Å². The molecular weight excluding hydrogens is 1750 g/mol. The molecule has 0 spiro atoms. The van der Waals surface area contributed by atoms with Gasteiger partial charge in [0.1, 0.15) is 26.2 Å². The summed E-state index contributed by atoms with van der Waals surface area (Å²) in [5, 5.41) is 1.94. The maximum atomic E-state index is 5.64. The molecule has 0 saturated heterocycles. The van der Waals surface area contributed by atoms with Crippen molar-refractivity contribution in [3.05, 3.63) is 73.3 Å². The molecule has 9 rings (SSSR count). The molecule has 659 valence electrons. The van der Waals surface area contributed by atoms with Gasteiger partial charge in [0.25, 0.3) is 0 Å². The molecule has 2 aliphatic rings. The summed E-state index contributed by atoms with van der Waals surface area (Å²) in [6, 6.07) is 17.5. The van der Waals surface area contributed by atoms with Gasteiger partial charge >= 0.3 is 17.1 Å². The molecule has 8 bridgehead atoms. The van der Waals surface area contributed by atoms with E-state index in [0.717, 1.165) is 96.2 Å². The minimum Gasteiger partial charge on any atom is -1.00 e. The van der Waals surface area contributed by atoms with E-state index in [0.29, 0.717) is 45.9 Å². The van der Waals surface area contributed by atoms with E-state index in [1.165, 1.54) is 385 Å². The summed E-state index contributed by atoms with van der Waals surface area (Å²) in [6.45, 7) is 12.7. The largest absolute Gasteiger partial charge is 2.00 e. The van der Waals surface area contributed by atoms with Crippen molar-refractivity contribution >= 4 is 44.4 Å². The van der Waals surface area contributed by atoms with Gasteiger partial charge in [0.05, 0.1) is 44.8 Å². The Morgan fingerprint density at radius 1 is 0.214 bits per heavy atom. The number of unbranched alkanes of at least 4 members (excludes halogenated alkanes) is 60. The second-order valence-electron chi connectivity index (χ2n) is 34.6. The van der Waals surface area contributed by atoms with E-state index in [1.807, 2.05) is 0 Å². The number of aromatic nitrogens is 12. The van der Waals surface area contributed by atoms with Crippen LogP contribution in [0.5, 0.6) is 0 Å². The van der Waals surface area contributed by atoms with Crippen LogP contribution in [0.3, 0.4) is 0 Å². The normalized spacial score (nSPS) is 11.5. The molecule has 9 heterocycles. The van der Waals surface area contributed by atoms with Crippen LogP contribution in [-0.2, 0) is 43.2 Å². The topological polar surface area (TPSA) is 121 Å².